The molecule has 1 rings (SSSR count). The molecule has 1 unspecified atom stereocenters. The van der Waals surface area contributed by atoms with Crippen molar-refractivity contribution in [3.8, 4) is 0 Å². The predicted molar refractivity (Wildman–Crippen MR) is 67.2 cm³/mol. The predicted octanol–water partition coefficient (Wildman–Crippen LogP) is 1.88. The lowest BCUT2D eigenvalue weighted by molar-refractivity contribution is -0.120. The van der Waals surface area contributed by atoms with Gasteiger partial charge in [0.1, 0.15) is 0 Å². The van der Waals surface area contributed by atoms with Crippen LogP contribution in [0.3, 0.4) is 0 Å². The third-order valence-electron chi connectivity index (χ3n) is 2.14. The van der Waals surface area contributed by atoms with E-state index in [0.29, 0.717) is 19.4 Å². The summed E-state index contributed by atoms with van der Waals surface area (Å²) >= 11 is 3.36. The van der Waals surface area contributed by atoms with E-state index in [1.54, 1.807) is 6.92 Å². The maximum absolute atomic E-state index is 11.5. The molecule has 1 aromatic rings. The monoisotopic (exact) mass is 285 g/mol. The zero-order chi connectivity index (χ0) is 12.0. The molecular weight excluding hydrogens is 270 g/mol. The number of rotatable bonds is 5. The first-order valence-electron chi connectivity index (χ1n) is 5.27. The van der Waals surface area contributed by atoms with Crippen LogP contribution >= 0.6 is 15.9 Å². The van der Waals surface area contributed by atoms with Gasteiger partial charge in [-0.25, -0.2) is 0 Å². The van der Waals surface area contributed by atoms with Crippen LogP contribution < -0.4 is 5.32 Å². The number of aliphatic hydroxyl groups is 1. The maximum Gasteiger partial charge on any atom is 0.224 e. The molecule has 0 saturated carbocycles. The van der Waals surface area contributed by atoms with E-state index in [4.69, 9.17) is 5.11 Å². The van der Waals surface area contributed by atoms with Gasteiger partial charge in [0, 0.05) is 11.0 Å². The largest absolute Gasteiger partial charge is 0.393 e. The Balaban J connectivity index is 2.34. The van der Waals surface area contributed by atoms with Crippen molar-refractivity contribution in [3.63, 3.8) is 0 Å². The molecule has 0 heterocycles. The Bertz CT molecular complexity index is 353. The zero-order valence-corrected chi connectivity index (χ0v) is 10.8. The minimum absolute atomic E-state index is 0.0150. The summed E-state index contributed by atoms with van der Waals surface area (Å²) < 4.78 is 0.974. The summed E-state index contributed by atoms with van der Waals surface area (Å²) in [7, 11) is 0. The molecular formula is C12H16BrNO2. The second-order valence-corrected chi connectivity index (χ2v) is 4.71. The average molecular weight is 286 g/mol. The van der Waals surface area contributed by atoms with Gasteiger partial charge >= 0.3 is 0 Å². The van der Waals surface area contributed by atoms with Crippen molar-refractivity contribution >= 4 is 21.8 Å². The number of amides is 1. The quantitative estimate of drug-likeness (QED) is 0.868. The van der Waals surface area contributed by atoms with Crippen molar-refractivity contribution in [3.05, 3.63) is 34.3 Å². The van der Waals surface area contributed by atoms with Gasteiger partial charge in [0.25, 0.3) is 0 Å². The van der Waals surface area contributed by atoms with Gasteiger partial charge in [0.05, 0.1) is 12.5 Å². The van der Waals surface area contributed by atoms with Gasteiger partial charge in [-0.2, -0.15) is 0 Å². The summed E-state index contributed by atoms with van der Waals surface area (Å²) in [6, 6.07) is 7.67. The Morgan fingerprint density at radius 3 is 2.94 bits per heavy atom. The first-order valence-corrected chi connectivity index (χ1v) is 6.06. The number of carbonyl (C=O) groups is 1. The van der Waals surface area contributed by atoms with Gasteiger partial charge in [-0.05, 0) is 31.0 Å². The Morgan fingerprint density at radius 2 is 2.31 bits per heavy atom. The number of halogens is 1. The van der Waals surface area contributed by atoms with Crippen LogP contribution in [0.2, 0.25) is 0 Å². The summed E-state index contributed by atoms with van der Waals surface area (Å²) in [4.78, 5) is 11.5. The fraction of sp³-hybridized carbons (Fsp3) is 0.417. The van der Waals surface area contributed by atoms with E-state index in [0.717, 1.165) is 10.0 Å². The highest BCUT2D eigenvalue weighted by molar-refractivity contribution is 9.10. The highest BCUT2D eigenvalue weighted by Gasteiger charge is 2.03. The van der Waals surface area contributed by atoms with Crippen LogP contribution in [-0.2, 0) is 11.2 Å². The first kappa shape index (κ1) is 13.2. The van der Waals surface area contributed by atoms with Gasteiger partial charge in [0.15, 0.2) is 0 Å². The fourth-order valence-corrected chi connectivity index (χ4v) is 1.76. The molecule has 0 aliphatic heterocycles. The standard InChI is InChI=1S/C12H16BrNO2/c1-9(15)5-6-14-12(16)8-10-3-2-4-11(13)7-10/h2-4,7,9,15H,5-6,8H2,1H3,(H,14,16). The maximum atomic E-state index is 11.5. The van der Waals surface area contributed by atoms with Crippen molar-refractivity contribution < 1.29 is 9.90 Å². The Kier molecular flexibility index (Phi) is 5.49. The van der Waals surface area contributed by atoms with Gasteiger partial charge < -0.3 is 10.4 Å². The number of carbonyl (C=O) groups excluding carboxylic acids is 1. The minimum atomic E-state index is -0.369. The van der Waals surface area contributed by atoms with Crippen LogP contribution in [0.4, 0.5) is 0 Å². The second-order valence-electron chi connectivity index (χ2n) is 3.79. The molecule has 0 aromatic heterocycles. The van der Waals surface area contributed by atoms with E-state index in [9.17, 15) is 4.79 Å². The Labute approximate surface area is 104 Å². The molecule has 88 valence electrons. The minimum Gasteiger partial charge on any atom is -0.393 e. The number of nitrogens with one attached hydrogen (secondary N) is 1. The fourth-order valence-electron chi connectivity index (χ4n) is 1.32. The number of hydrogen-bond donors (Lipinski definition) is 2. The van der Waals surface area contributed by atoms with Gasteiger partial charge in [-0.1, -0.05) is 28.1 Å². The first-order chi connectivity index (χ1) is 7.58. The molecule has 0 saturated heterocycles. The van der Waals surface area contributed by atoms with E-state index in [2.05, 4.69) is 21.2 Å². The third-order valence-corrected chi connectivity index (χ3v) is 2.63. The van der Waals surface area contributed by atoms with Crippen molar-refractivity contribution in [2.75, 3.05) is 6.54 Å². The molecule has 0 spiro atoms. The average Bonchev–Trinajstić information content (AvgIpc) is 2.16. The summed E-state index contributed by atoms with van der Waals surface area (Å²) in [6.07, 6.45) is 0.592. The second kappa shape index (κ2) is 6.66. The number of hydrogen-bond acceptors (Lipinski definition) is 2. The molecule has 0 radical (unpaired) electrons. The van der Waals surface area contributed by atoms with Gasteiger partial charge in [-0.15, -0.1) is 0 Å². The SMILES string of the molecule is CC(O)CCNC(=O)Cc1cccc(Br)c1. The van der Waals surface area contributed by atoms with E-state index in [-0.39, 0.29) is 12.0 Å². The Hall–Kier alpha value is -0.870. The molecule has 3 nitrogen and oxygen atoms in total. The van der Waals surface area contributed by atoms with E-state index >= 15 is 0 Å². The van der Waals surface area contributed by atoms with Crippen molar-refractivity contribution in [1.82, 2.24) is 5.32 Å². The van der Waals surface area contributed by atoms with Crippen molar-refractivity contribution in [1.29, 1.82) is 0 Å². The zero-order valence-electron chi connectivity index (χ0n) is 9.24. The highest BCUT2D eigenvalue weighted by atomic mass is 79.9. The van der Waals surface area contributed by atoms with Crippen LogP contribution in [0.1, 0.15) is 18.9 Å². The van der Waals surface area contributed by atoms with Crippen LogP contribution in [0.5, 0.6) is 0 Å². The van der Waals surface area contributed by atoms with E-state index in [1.165, 1.54) is 0 Å². The van der Waals surface area contributed by atoms with Crippen LogP contribution in [-0.4, -0.2) is 23.7 Å². The van der Waals surface area contributed by atoms with E-state index < -0.39 is 0 Å². The number of benzene rings is 1. The molecule has 0 fully saturated rings. The molecule has 0 bridgehead atoms. The number of aliphatic hydroxyl groups excluding tert-OH is 1. The highest BCUT2D eigenvalue weighted by Crippen LogP contribution is 2.11. The van der Waals surface area contributed by atoms with Crippen molar-refractivity contribution in [2.24, 2.45) is 0 Å². The lowest BCUT2D eigenvalue weighted by Crippen LogP contribution is -2.27. The van der Waals surface area contributed by atoms with Crippen LogP contribution in [0.25, 0.3) is 0 Å². The van der Waals surface area contributed by atoms with Crippen molar-refractivity contribution in [2.45, 2.75) is 25.9 Å². The molecule has 2 N–H and O–H groups in total. The lowest BCUT2D eigenvalue weighted by Gasteiger charge is -2.06. The van der Waals surface area contributed by atoms with Gasteiger partial charge in [-0.3, -0.25) is 4.79 Å². The van der Waals surface area contributed by atoms with Gasteiger partial charge in [0.2, 0.25) is 5.91 Å². The van der Waals surface area contributed by atoms with Crippen LogP contribution in [0.15, 0.2) is 28.7 Å². The third kappa shape index (κ3) is 5.28. The molecule has 1 aromatic carbocycles. The lowest BCUT2D eigenvalue weighted by atomic mass is 10.1. The topological polar surface area (TPSA) is 49.3 Å². The molecule has 4 heteroatoms. The molecule has 1 atom stereocenters. The summed E-state index contributed by atoms with van der Waals surface area (Å²) in [5, 5.41) is 11.8. The summed E-state index contributed by atoms with van der Waals surface area (Å²) in [5.74, 6) is -0.0150. The summed E-state index contributed by atoms with van der Waals surface area (Å²) in [5.41, 5.74) is 0.976. The smallest absolute Gasteiger partial charge is 0.224 e. The van der Waals surface area contributed by atoms with E-state index in [1.807, 2.05) is 24.3 Å². The molecule has 0 aliphatic rings. The molecule has 1 amide bonds. The molecule has 16 heavy (non-hydrogen) atoms. The van der Waals surface area contributed by atoms with Crippen LogP contribution in [0, 0.1) is 0 Å². The molecule has 0 aliphatic carbocycles. The Morgan fingerprint density at radius 1 is 1.56 bits per heavy atom. The normalized spacial score (nSPS) is 12.2. The summed E-state index contributed by atoms with van der Waals surface area (Å²) in [6.45, 7) is 2.23.